The van der Waals surface area contributed by atoms with Gasteiger partial charge in [-0.2, -0.15) is 0 Å². The normalized spacial score (nSPS) is 26.2. The number of nitrogens with two attached hydrogens (primary N) is 1. The molecule has 0 amide bonds. The van der Waals surface area contributed by atoms with E-state index < -0.39 is 68.3 Å². The van der Waals surface area contributed by atoms with Crippen molar-refractivity contribution in [1.29, 1.82) is 5.41 Å². The van der Waals surface area contributed by atoms with E-state index in [-0.39, 0.29) is 28.3 Å². The van der Waals surface area contributed by atoms with Gasteiger partial charge in [0.15, 0.2) is 0 Å². The van der Waals surface area contributed by atoms with Crippen LogP contribution in [0.25, 0.3) is 0 Å². The van der Waals surface area contributed by atoms with E-state index in [1.807, 2.05) is 0 Å². The first-order chi connectivity index (χ1) is 12.5. The molecule has 0 bridgehead atoms. The molecule has 0 aromatic rings. The van der Waals surface area contributed by atoms with Crippen molar-refractivity contribution in [2.75, 3.05) is 6.61 Å². The van der Waals surface area contributed by atoms with Crippen molar-refractivity contribution in [3.05, 3.63) is 0 Å². The first kappa shape index (κ1) is 26.3. The van der Waals surface area contributed by atoms with Crippen LogP contribution in [-0.2, 0) is 42.9 Å². The summed E-state index contributed by atoms with van der Waals surface area (Å²) in [6, 6.07) is 0. The van der Waals surface area contributed by atoms with Crippen LogP contribution in [0.3, 0.4) is 0 Å². The van der Waals surface area contributed by atoms with Gasteiger partial charge in [0.25, 0.3) is 0 Å². The van der Waals surface area contributed by atoms with Crippen molar-refractivity contribution in [3.63, 3.8) is 0 Å². The molecule has 0 aliphatic carbocycles. The number of halogens is 1. The summed E-state index contributed by atoms with van der Waals surface area (Å²) >= 11 is -0.797. The van der Waals surface area contributed by atoms with Crippen molar-refractivity contribution >= 4 is 60.5 Å². The first-order valence-corrected chi connectivity index (χ1v) is 9.67. The van der Waals surface area contributed by atoms with Gasteiger partial charge in [-0.15, -0.1) is 17.0 Å². The third-order valence-electron chi connectivity index (χ3n) is 3.19. The van der Waals surface area contributed by atoms with Crippen molar-refractivity contribution in [3.8, 4) is 0 Å². The number of carbonyl (C=O) groups excluding carboxylic acids is 4. The fraction of sp³-hybridized carbons (Fsp3) is 0.667. The molecule has 0 aromatic carbocycles. The van der Waals surface area contributed by atoms with E-state index in [0.29, 0.717) is 0 Å². The predicted octanol–water partition coefficient (Wildman–Crippen LogP) is -0.755. The van der Waals surface area contributed by atoms with Crippen LogP contribution in [0.2, 0.25) is 0 Å². The van der Waals surface area contributed by atoms with Crippen LogP contribution >= 0.6 is 17.0 Å². The summed E-state index contributed by atoms with van der Waals surface area (Å²) in [5, 5.41) is 6.60. The Morgan fingerprint density at radius 3 is 1.79 bits per heavy atom. The molecule has 28 heavy (non-hydrogen) atoms. The Hall–Kier alpha value is -1.69. The Morgan fingerprint density at radius 1 is 0.893 bits per heavy atom. The predicted molar refractivity (Wildman–Crippen MR) is 99.9 cm³/mol. The molecule has 3 N–H and O–H groups in total. The Bertz CT molecular complexity index is 618. The zero-order chi connectivity index (χ0) is 20.7. The minimum atomic E-state index is -1.23. The Morgan fingerprint density at radius 2 is 1.36 bits per heavy atom. The molecule has 1 aliphatic heterocycles. The van der Waals surface area contributed by atoms with Gasteiger partial charge in [-0.05, 0) is 0 Å². The van der Waals surface area contributed by atoms with Crippen LogP contribution in [0.1, 0.15) is 27.7 Å². The molecule has 0 spiro atoms. The van der Waals surface area contributed by atoms with Crippen molar-refractivity contribution < 1.29 is 42.9 Å². The Kier molecular flexibility index (Phi) is 11.3. The van der Waals surface area contributed by atoms with Crippen LogP contribution < -0.4 is 5.73 Å². The molecule has 0 aromatic heterocycles. The fourth-order valence-corrected chi connectivity index (χ4v) is 4.07. The summed E-state index contributed by atoms with van der Waals surface area (Å²) in [5.74, 6) is -2.70. The monoisotopic (exact) mass is 534 g/mol. The van der Waals surface area contributed by atoms with Gasteiger partial charge in [-0.1, -0.05) is 0 Å². The number of ether oxygens (including phenoxy) is 5. The number of hydrogen-bond donors (Lipinski definition) is 2. The van der Waals surface area contributed by atoms with Crippen LogP contribution in [0.15, 0.2) is 0 Å². The Balaban J connectivity index is 0.00000729. The average molecular weight is 534 g/mol. The van der Waals surface area contributed by atoms with Crippen LogP contribution in [0.5, 0.6) is 0 Å². The van der Waals surface area contributed by atoms with E-state index in [2.05, 4.69) is 0 Å². The Labute approximate surface area is 178 Å². The number of amidine groups is 1. The third kappa shape index (κ3) is 8.55. The standard InChI is InChI=1S/C15H22N2O9Se.BrH/c1-6(18)22-5-10-11(23-7(2)19)12(24-8(3)20)13(25-9(4)21)14(26-10)27-15(16)17;/h10-14H,5H2,1-4H3,(H3,16,17);1H/t10-,11-,12+,13-,14+;/m1./s1. The fourth-order valence-electron chi connectivity index (χ4n) is 2.41. The van der Waals surface area contributed by atoms with Crippen molar-refractivity contribution in [1.82, 2.24) is 0 Å². The summed E-state index contributed by atoms with van der Waals surface area (Å²) in [4.78, 5) is 45.8. The van der Waals surface area contributed by atoms with E-state index in [1.165, 1.54) is 6.92 Å². The molecule has 160 valence electrons. The van der Waals surface area contributed by atoms with Gasteiger partial charge in [0.05, 0.1) is 0 Å². The van der Waals surface area contributed by atoms with Gasteiger partial charge in [-0.3, -0.25) is 0 Å². The molecule has 1 aliphatic rings. The SMILES string of the molecule is Br.CC(=O)OC[C@H]1O[C@@H]([Se]C(=N)N)[C@H](OC(C)=O)[C@@H](OC(C)=O)[C@@H]1OC(C)=O. The van der Waals surface area contributed by atoms with E-state index in [0.717, 1.165) is 20.8 Å². The second-order valence-electron chi connectivity index (χ2n) is 5.55. The molecule has 13 heteroatoms. The number of rotatable bonds is 7. The quantitative estimate of drug-likeness (QED) is 0.140. The average Bonchev–Trinajstić information content (AvgIpc) is 2.49. The molecular weight excluding hydrogens is 511 g/mol. The number of nitrogens with one attached hydrogen (secondary N) is 1. The topological polar surface area (TPSA) is 164 Å². The van der Waals surface area contributed by atoms with E-state index >= 15 is 0 Å². The van der Waals surface area contributed by atoms with Crippen LogP contribution in [0, 0.1) is 5.41 Å². The van der Waals surface area contributed by atoms with Gasteiger partial charge in [0.1, 0.15) is 0 Å². The second kappa shape index (κ2) is 12.0. The maximum absolute atomic E-state index is 11.6. The van der Waals surface area contributed by atoms with Gasteiger partial charge < -0.3 is 0 Å². The zero-order valence-corrected chi connectivity index (χ0v) is 19.1. The van der Waals surface area contributed by atoms with E-state index in [9.17, 15) is 19.2 Å². The number of hydrogen-bond acceptors (Lipinski definition) is 10. The van der Waals surface area contributed by atoms with E-state index in [4.69, 9.17) is 34.8 Å². The van der Waals surface area contributed by atoms with Crippen molar-refractivity contribution in [2.45, 2.75) is 57.1 Å². The molecular formula is C15H23BrN2O9Se. The second-order valence-corrected chi connectivity index (χ2v) is 7.94. The van der Waals surface area contributed by atoms with Crippen LogP contribution in [-0.4, -0.2) is 79.6 Å². The molecule has 1 saturated heterocycles. The van der Waals surface area contributed by atoms with Gasteiger partial charge >= 0.3 is 161 Å². The number of esters is 4. The summed E-state index contributed by atoms with van der Waals surface area (Å²) in [5.41, 5.74) is 5.46. The molecule has 0 saturated carbocycles. The van der Waals surface area contributed by atoms with Gasteiger partial charge in [0.2, 0.25) is 0 Å². The third-order valence-corrected chi connectivity index (χ3v) is 5.01. The van der Waals surface area contributed by atoms with Crippen LogP contribution in [0.4, 0.5) is 0 Å². The van der Waals surface area contributed by atoms with E-state index in [1.54, 1.807) is 0 Å². The molecule has 1 fully saturated rings. The van der Waals surface area contributed by atoms with Crippen molar-refractivity contribution in [2.24, 2.45) is 5.73 Å². The zero-order valence-electron chi connectivity index (χ0n) is 15.7. The number of carbonyl (C=O) groups is 4. The summed E-state index contributed by atoms with van der Waals surface area (Å²) in [6.07, 6.45) is -4.60. The van der Waals surface area contributed by atoms with Gasteiger partial charge in [-0.25, -0.2) is 0 Å². The molecule has 11 nitrogen and oxygen atoms in total. The molecule has 1 rings (SSSR count). The van der Waals surface area contributed by atoms with Gasteiger partial charge in [0, 0.05) is 0 Å². The minimum absolute atomic E-state index is 0. The summed E-state index contributed by atoms with van der Waals surface area (Å²) in [6.45, 7) is 4.31. The molecule has 5 atom stereocenters. The maximum atomic E-state index is 11.6. The summed E-state index contributed by atoms with van der Waals surface area (Å²) in [7, 11) is 0. The molecule has 1 heterocycles. The first-order valence-electron chi connectivity index (χ1n) is 7.82. The molecule has 0 unspecified atom stereocenters. The molecule has 0 radical (unpaired) electrons. The summed E-state index contributed by atoms with van der Waals surface area (Å²) < 4.78 is 26.2.